The minimum atomic E-state index is -0.274. The molecule has 1 saturated heterocycles. The van der Waals surface area contributed by atoms with Crippen LogP contribution in [0.4, 0.5) is 5.69 Å². The van der Waals surface area contributed by atoms with Crippen LogP contribution < -0.4 is 5.73 Å². The Labute approximate surface area is 81.0 Å². The summed E-state index contributed by atoms with van der Waals surface area (Å²) in [5, 5.41) is 7.80. The van der Waals surface area contributed by atoms with E-state index in [1.165, 1.54) is 5.06 Å². The summed E-state index contributed by atoms with van der Waals surface area (Å²) in [6, 6.07) is 0. The third-order valence-electron chi connectivity index (χ3n) is 2.18. The van der Waals surface area contributed by atoms with Gasteiger partial charge < -0.3 is 5.73 Å². The molecule has 2 heterocycles. The molecule has 14 heavy (non-hydrogen) atoms. The molecule has 1 aliphatic heterocycles. The minimum Gasteiger partial charge on any atom is -0.395 e. The minimum absolute atomic E-state index is 0.240. The number of aromatic amines is 1. The number of anilines is 1. The molecule has 6 nitrogen and oxygen atoms in total. The van der Waals surface area contributed by atoms with Gasteiger partial charge in [0.05, 0.1) is 24.5 Å². The molecule has 76 valence electrons. The van der Waals surface area contributed by atoms with E-state index in [-0.39, 0.29) is 11.6 Å². The molecular weight excluding hydrogens is 184 g/mol. The number of hydrogen-bond donors (Lipinski definition) is 2. The van der Waals surface area contributed by atoms with E-state index >= 15 is 0 Å². The molecule has 3 N–H and O–H groups in total. The Balaban J connectivity index is 2.22. The molecule has 1 fully saturated rings. The van der Waals surface area contributed by atoms with E-state index in [0.29, 0.717) is 24.5 Å². The first-order chi connectivity index (χ1) is 6.70. The monoisotopic (exact) mass is 196 g/mol. The first kappa shape index (κ1) is 9.01. The molecule has 2 rings (SSSR count). The van der Waals surface area contributed by atoms with Crippen molar-refractivity contribution in [3.05, 3.63) is 11.4 Å². The van der Waals surface area contributed by atoms with Gasteiger partial charge in [0.1, 0.15) is 0 Å². The second-order valence-corrected chi connectivity index (χ2v) is 3.20. The molecule has 0 radical (unpaired) electrons. The normalized spacial score (nSPS) is 16.2. The molecule has 0 saturated carbocycles. The van der Waals surface area contributed by atoms with Crippen molar-refractivity contribution in [2.45, 2.75) is 13.3 Å². The fourth-order valence-corrected chi connectivity index (χ4v) is 1.33. The number of hydroxylamine groups is 2. The van der Waals surface area contributed by atoms with Crippen LogP contribution in [0.5, 0.6) is 0 Å². The standard InChI is InChI=1S/C8H12N4O2/c1-5-6(9)7(11-10-5)8(13)12-3-2-4-14-12/h2-4,9H2,1H3,(H,10,11). The average Bonchev–Trinajstić information content (AvgIpc) is 2.77. The van der Waals surface area contributed by atoms with Crippen LogP contribution in [-0.4, -0.2) is 34.3 Å². The molecule has 1 aliphatic rings. The zero-order chi connectivity index (χ0) is 10.1. The van der Waals surface area contributed by atoms with Gasteiger partial charge in [-0.2, -0.15) is 5.10 Å². The molecule has 1 aromatic heterocycles. The molecule has 0 spiro atoms. The lowest BCUT2D eigenvalue weighted by atomic mass is 10.3. The van der Waals surface area contributed by atoms with Crippen molar-refractivity contribution in [2.75, 3.05) is 18.9 Å². The van der Waals surface area contributed by atoms with Gasteiger partial charge in [-0.25, -0.2) is 5.06 Å². The van der Waals surface area contributed by atoms with Crippen molar-refractivity contribution in [3.8, 4) is 0 Å². The van der Waals surface area contributed by atoms with Crippen molar-refractivity contribution < 1.29 is 9.63 Å². The lowest BCUT2D eigenvalue weighted by Crippen LogP contribution is -2.27. The van der Waals surface area contributed by atoms with Crippen molar-refractivity contribution in [3.63, 3.8) is 0 Å². The molecule has 0 atom stereocenters. The van der Waals surface area contributed by atoms with Crippen LogP contribution in [0.25, 0.3) is 0 Å². The Morgan fingerprint density at radius 3 is 3.00 bits per heavy atom. The van der Waals surface area contributed by atoms with Crippen molar-refractivity contribution >= 4 is 11.6 Å². The summed E-state index contributed by atoms with van der Waals surface area (Å²) < 4.78 is 0. The number of aromatic nitrogens is 2. The number of nitrogens with two attached hydrogens (primary N) is 1. The first-order valence-corrected chi connectivity index (χ1v) is 4.45. The van der Waals surface area contributed by atoms with Crippen LogP contribution >= 0.6 is 0 Å². The van der Waals surface area contributed by atoms with Crippen LogP contribution in [0.2, 0.25) is 0 Å². The Bertz CT molecular complexity index is 354. The average molecular weight is 196 g/mol. The molecule has 1 amide bonds. The fraction of sp³-hybridized carbons (Fsp3) is 0.500. The van der Waals surface area contributed by atoms with E-state index in [1.807, 2.05) is 0 Å². The van der Waals surface area contributed by atoms with Gasteiger partial charge in [-0.1, -0.05) is 0 Å². The van der Waals surface area contributed by atoms with Crippen LogP contribution in [0.15, 0.2) is 0 Å². The molecule has 0 aromatic carbocycles. The zero-order valence-electron chi connectivity index (χ0n) is 7.91. The van der Waals surface area contributed by atoms with Gasteiger partial charge in [-0.15, -0.1) is 0 Å². The Kier molecular flexibility index (Phi) is 2.12. The number of amides is 1. The van der Waals surface area contributed by atoms with E-state index in [9.17, 15) is 4.79 Å². The third kappa shape index (κ3) is 1.33. The van der Waals surface area contributed by atoms with Gasteiger partial charge in [-0.05, 0) is 13.3 Å². The predicted octanol–water partition coefficient (Wildman–Crippen LogP) is 0.0778. The predicted molar refractivity (Wildman–Crippen MR) is 49.3 cm³/mol. The lowest BCUT2D eigenvalue weighted by molar-refractivity contribution is -0.0771. The summed E-state index contributed by atoms with van der Waals surface area (Å²) in [5.74, 6) is -0.274. The number of carbonyl (C=O) groups is 1. The highest BCUT2D eigenvalue weighted by atomic mass is 16.7. The highest BCUT2D eigenvalue weighted by molar-refractivity contribution is 5.97. The number of rotatable bonds is 1. The second kappa shape index (κ2) is 3.30. The second-order valence-electron chi connectivity index (χ2n) is 3.20. The SMILES string of the molecule is Cc1[nH]nc(C(=O)N2CCCO2)c1N. The smallest absolute Gasteiger partial charge is 0.300 e. The highest BCUT2D eigenvalue weighted by Crippen LogP contribution is 2.17. The van der Waals surface area contributed by atoms with Crippen molar-refractivity contribution in [1.82, 2.24) is 15.3 Å². The quantitative estimate of drug-likeness (QED) is 0.666. The molecular formula is C8H12N4O2. The summed E-state index contributed by atoms with van der Waals surface area (Å²) in [7, 11) is 0. The zero-order valence-corrected chi connectivity index (χ0v) is 7.91. The number of nitrogens with zero attached hydrogens (tertiary/aromatic N) is 2. The summed E-state index contributed by atoms with van der Waals surface area (Å²) >= 11 is 0. The number of hydrogen-bond acceptors (Lipinski definition) is 4. The Hall–Kier alpha value is -1.56. The molecule has 0 unspecified atom stereocenters. The highest BCUT2D eigenvalue weighted by Gasteiger charge is 2.25. The van der Waals surface area contributed by atoms with Crippen molar-refractivity contribution in [2.24, 2.45) is 0 Å². The van der Waals surface area contributed by atoms with Gasteiger partial charge in [0.25, 0.3) is 5.91 Å². The first-order valence-electron chi connectivity index (χ1n) is 4.45. The third-order valence-corrected chi connectivity index (χ3v) is 2.18. The fourth-order valence-electron chi connectivity index (χ4n) is 1.33. The maximum Gasteiger partial charge on any atom is 0.300 e. The maximum atomic E-state index is 11.7. The van der Waals surface area contributed by atoms with Crippen LogP contribution in [-0.2, 0) is 4.84 Å². The summed E-state index contributed by atoms with van der Waals surface area (Å²) in [6.45, 7) is 2.95. The molecule has 6 heteroatoms. The van der Waals surface area contributed by atoms with Crippen LogP contribution in [0.3, 0.4) is 0 Å². The van der Waals surface area contributed by atoms with Gasteiger partial charge in [0.15, 0.2) is 5.69 Å². The Morgan fingerprint density at radius 1 is 1.71 bits per heavy atom. The van der Waals surface area contributed by atoms with Gasteiger partial charge in [-0.3, -0.25) is 14.7 Å². The number of aryl methyl sites for hydroxylation is 1. The van der Waals surface area contributed by atoms with Gasteiger partial charge in [0, 0.05) is 0 Å². The maximum absolute atomic E-state index is 11.7. The summed E-state index contributed by atoms with van der Waals surface area (Å²) in [5.41, 5.74) is 7.01. The molecule has 1 aromatic rings. The van der Waals surface area contributed by atoms with Crippen LogP contribution in [0, 0.1) is 6.92 Å². The van der Waals surface area contributed by atoms with Crippen molar-refractivity contribution in [1.29, 1.82) is 0 Å². The summed E-state index contributed by atoms with van der Waals surface area (Å²) in [6.07, 6.45) is 0.856. The molecule has 0 bridgehead atoms. The van der Waals surface area contributed by atoms with Gasteiger partial charge in [0.2, 0.25) is 0 Å². The lowest BCUT2D eigenvalue weighted by Gasteiger charge is -2.11. The van der Waals surface area contributed by atoms with E-state index < -0.39 is 0 Å². The largest absolute Gasteiger partial charge is 0.395 e. The number of nitrogens with one attached hydrogen (secondary N) is 1. The summed E-state index contributed by atoms with van der Waals surface area (Å²) in [4.78, 5) is 16.8. The number of H-pyrrole nitrogens is 1. The van der Waals surface area contributed by atoms with E-state index in [2.05, 4.69) is 10.2 Å². The topological polar surface area (TPSA) is 84.2 Å². The Morgan fingerprint density at radius 2 is 2.50 bits per heavy atom. The van der Waals surface area contributed by atoms with E-state index in [4.69, 9.17) is 10.6 Å². The molecule has 0 aliphatic carbocycles. The number of nitrogen functional groups attached to an aromatic ring is 1. The van der Waals surface area contributed by atoms with Gasteiger partial charge >= 0.3 is 0 Å². The van der Waals surface area contributed by atoms with Crippen LogP contribution in [0.1, 0.15) is 22.6 Å². The van der Waals surface area contributed by atoms with E-state index in [0.717, 1.165) is 6.42 Å². The van der Waals surface area contributed by atoms with E-state index in [1.54, 1.807) is 6.92 Å². The number of carbonyl (C=O) groups excluding carboxylic acids is 1.